The molecule has 1 saturated heterocycles. The van der Waals surface area contributed by atoms with E-state index in [1.54, 1.807) is 0 Å². The van der Waals surface area contributed by atoms with Crippen LogP contribution in [0.3, 0.4) is 0 Å². The Labute approximate surface area is 112 Å². The minimum Gasteiger partial charge on any atom is -0.369 e. The van der Waals surface area contributed by atoms with Crippen molar-refractivity contribution in [2.75, 3.05) is 19.7 Å². The molecule has 2 aromatic heterocycles. The Kier molecular flexibility index (Phi) is 3.57. The molecule has 1 aliphatic rings. The second-order valence-corrected chi connectivity index (χ2v) is 4.81. The van der Waals surface area contributed by atoms with Gasteiger partial charge < -0.3 is 14.6 Å². The zero-order valence-corrected chi connectivity index (χ0v) is 11.0. The van der Waals surface area contributed by atoms with Crippen LogP contribution in [0.15, 0.2) is 31.0 Å². The summed E-state index contributed by atoms with van der Waals surface area (Å²) in [7, 11) is 0. The summed E-state index contributed by atoms with van der Waals surface area (Å²) in [6.45, 7) is 5.41. The molecule has 1 fully saturated rings. The third-order valence-electron chi connectivity index (χ3n) is 3.49. The Morgan fingerprint density at radius 3 is 3.16 bits per heavy atom. The predicted octanol–water partition coefficient (Wildman–Crippen LogP) is 1.30. The van der Waals surface area contributed by atoms with Gasteiger partial charge in [0.05, 0.1) is 31.4 Å². The molecule has 3 heterocycles. The third kappa shape index (κ3) is 2.67. The number of nitrogens with one attached hydrogen (secondary N) is 1. The van der Waals surface area contributed by atoms with Crippen molar-refractivity contribution in [1.82, 2.24) is 19.9 Å². The number of rotatable bonds is 3. The SMILES string of the molecule is Cc1ccncc1Cn1cncc1C1CNCCO1. The fourth-order valence-electron chi connectivity index (χ4n) is 2.33. The predicted molar refractivity (Wildman–Crippen MR) is 71.9 cm³/mol. The van der Waals surface area contributed by atoms with Crippen LogP contribution >= 0.6 is 0 Å². The van der Waals surface area contributed by atoms with Gasteiger partial charge in [0.15, 0.2) is 0 Å². The molecule has 0 aromatic carbocycles. The number of ether oxygens (including phenoxy) is 1. The second kappa shape index (κ2) is 5.50. The molecule has 1 aliphatic heterocycles. The van der Waals surface area contributed by atoms with E-state index in [4.69, 9.17) is 4.74 Å². The normalized spacial score (nSPS) is 19.5. The number of imidazole rings is 1. The minimum absolute atomic E-state index is 0.0910. The van der Waals surface area contributed by atoms with Crippen molar-refractivity contribution in [3.63, 3.8) is 0 Å². The Morgan fingerprint density at radius 2 is 2.37 bits per heavy atom. The Bertz CT molecular complexity index is 546. The minimum atomic E-state index is 0.0910. The van der Waals surface area contributed by atoms with Crippen LogP contribution in [0, 0.1) is 6.92 Å². The van der Waals surface area contributed by atoms with Crippen LogP contribution in [0.1, 0.15) is 22.9 Å². The highest BCUT2D eigenvalue weighted by Gasteiger charge is 2.19. The van der Waals surface area contributed by atoms with Gasteiger partial charge in [0.25, 0.3) is 0 Å². The lowest BCUT2D eigenvalue weighted by molar-refractivity contribution is 0.0230. The molecule has 0 aliphatic carbocycles. The summed E-state index contributed by atoms with van der Waals surface area (Å²) in [4.78, 5) is 8.45. The second-order valence-electron chi connectivity index (χ2n) is 4.81. The maximum Gasteiger partial charge on any atom is 0.111 e. The monoisotopic (exact) mass is 258 g/mol. The topological polar surface area (TPSA) is 52.0 Å². The fraction of sp³-hybridized carbons (Fsp3) is 0.429. The Morgan fingerprint density at radius 1 is 1.42 bits per heavy atom. The highest BCUT2D eigenvalue weighted by molar-refractivity contribution is 5.22. The molecule has 5 nitrogen and oxygen atoms in total. The third-order valence-corrected chi connectivity index (χ3v) is 3.49. The van der Waals surface area contributed by atoms with E-state index in [1.807, 2.05) is 31.0 Å². The molecule has 0 amide bonds. The molecule has 0 saturated carbocycles. The number of nitrogens with zero attached hydrogens (tertiary/aromatic N) is 3. The molecule has 3 rings (SSSR count). The maximum atomic E-state index is 5.79. The van der Waals surface area contributed by atoms with Crippen LogP contribution in [0.25, 0.3) is 0 Å². The van der Waals surface area contributed by atoms with E-state index in [0.29, 0.717) is 0 Å². The van der Waals surface area contributed by atoms with Gasteiger partial charge >= 0.3 is 0 Å². The molecule has 0 bridgehead atoms. The zero-order chi connectivity index (χ0) is 13.1. The maximum absolute atomic E-state index is 5.79. The molecule has 1 atom stereocenters. The highest BCUT2D eigenvalue weighted by atomic mass is 16.5. The smallest absolute Gasteiger partial charge is 0.111 e. The van der Waals surface area contributed by atoms with Crippen LogP contribution in [-0.4, -0.2) is 34.2 Å². The summed E-state index contributed by atoms with van der Waals surface area (Å²) in [5.74, 6) is 0. The van der Waals surface area contributed by atoms with Gasteiger partial charge in [-0.15, -0.1) is 0 Å². The molecule has 0 radical (unpaired) electrons. The summed E-state index contributed by atoms with van der Waals surface area (Å²) in [6, 6.07) is 2.03. The number of hydrogen-bond donors (Lipinski definition) is 1. The quantitative estimate of drug-likeness (QED) is 0.901. The number of morpholine rings is 1. The van der Waals surface area contributed by atoms with Gasteiger partial charge in [0.2, 0.25) is 0 Å². The molecular formula is C14H18N4O. The van der Waals surface area contributed by atoms with E-state index in [9.17, 15) is 0 Å². The Hall–Kier alpha value is -1.72. The van der Waals surface area contributed by atoms with Crippen molar-refractivity contribution in [3.05, 3.63) is 47.8 Å². The van der Waals surface area contributed by atoms with Crippen molar-refractivity contribution in [2.45, 2.75) is 19.6 Å². The van der Waals surface area contributed by atoms with Crippen LogP contribution < -0.4 is 5.32 Å². The Balaban J connectivity index is 1.82. The molecule has 0 spiro atoms. The fourth-order valence-corrected chi connectivity index (χ4v) is 2.33. The molecule has 100 valence electrons. The molecular weight excluding hydrogens is 240 g/mol. The lowest BCUT2D eigenvalue weighted by Gasteiger charge is -2.24. The van der Waals surface area contributed by atoms with Gasteiger partial charge in [0, 0.05) is 25.5 Å². The molecule has 2 aromatic rings. The van der Waals surface area contributed by atoms with Gasteiger partial charge in [-0.25, -0.2) is 4.98 Å². The van der Waals surface area contributed by atoms with Gasteiger partial charge in [-0.3, -0.25) is 4.98 Å². The van der Waals surface area contributed by atoms with E-state index in [0.717, 1.165) is 31.9 Å². The van der Waals surface area contributed by atoms with E-state index in [1.165, 1.54) is 11.1 Å². The first-order valence-corrected chi connectivity index (χ1v) is 6.56. The highest BCUT2D eigenvalue weighted by Crippen LogP contribution is 2.19. The van der Waals surface area contributed by atoms with Crippen molar-refractivity contribution in [1.29, 1.82) is 0 Å². The standard InChI is InChI=1S/C14H18N4O/c1-11-2-3-15-6-12(11)9-18-10-17-7-13(18)14-8-16-4-5-19-14/h2-3,6-7,10,14,16H,4-5,8-9H2,1H3. The van der Waals surface area contributed by atoms with Crippen molar-refractivity contribution < 1.29 is 4.74 Å². The van der Waals surface area contributed by atoms with Crippen molar-refractivity contribution >= 4 is 0 Å². The largest absolute Gasteiger partial charge is 0.369 e. The number of aromatic nitrogens is 3. The van der Waals surface area contributed by atoms with Crippen molar-refractivity contribution in [3.8, 4) is 0 Å². The van der Waals surface area contributed by atoms with Crippen LogP contribution in [-0.2, 0) is 11.3 Å². The number of aryl methyl sites for hydroxylation is 1. The average Bonchev–Trinajstić information content (AvgIpc) is 2.91. The lowest BCUT2D eigenvalue weighted by Crippen LogP contribution is -2.34. The number of hydrogen-bond acceptors (Lipinski definition) is 4. The number of pyridine rings is 1. The summed E-state index contributed by atoms with van der Waals surface area (Å²) in [5, 5.41) is 3.35. The van der Waals surface area contributed by atoms with Gasteiger partial charge in [-0.05, 0) is 24.1 Å². The van der Waals surface area contributed by atoms with Gasteiger partial charge in [-0.2, -0.15) is 0 Å². The lowest BCUT2D eigenvalue weighted by atomic mass is 10.1. The van der Waals surface area contributed by atoms with Crippen LogP contribution in [0.4, 0.5) is 0 Å². The molecule has 1 N–H and O–H groups in total. The zero-order valence-electron chi connectivity index (χ0n) is 11.0. The van der Waals surface area contributed by atoms with Crippen LogP contribution in [0.2, 0.25) is 0 Å². The first-order valence-electron chi connectivity index (χ1n) is 6.56. The molecule has 1 unspecified atom stereocenters. The van der Waals surface area contributed by atoms with Crippen molar-refractivity contribution in [2.24, 2.45) is 0 Å². The first-order chi connectivity index (χ1) is 9.34. The molecule has 19 heavy (non-hydrogen) atoms. The summed E-state index contributed by atoms with van der Waals surface area (Å²) < 4.78 is 7.93. The average molecular weight is 258 g/mol. The first kappa shape index (κ1) is 12.3. The van der Waals surface area contributed by atoms with E-state index < -0.39 is 0 Å². The summed E-state index contributed by atoms with van der Waals surface area (Å²) in [6.07, 6.45) is 7.58. The van der Waals surface area contributed by atoms with E-state index in [-0.39, 0.29) is 6.10 Å². The van der Waals surface area contributed by atoms with Gasteiger partial charge in [0.1, 0.15) is 6.10 Å². The van der Waals surface area contributed by atoms with Gasteiger partial charge in [-0.1, -0.05) is 0 Å². The van der Waals surface area contributed by atoms with E-state index in [2.05, 4.69) is 26.8 Å². The summed E-state index contributed by atoms with van der Waals surface area (Å²) >= 11 is 0. The van der Waals surface area contributed by atoms with E-state index >= 15 is 0 Å². The summed E-state index contributed by atoms with van der Waals surface area (Å²) in [5.41, 5.74) is 3.58. The van der Waals surface area contributed by atoms with Crippen LogP contribution in [0.5, 0.6) is 0 Å². The molecule has 5 heteroatoms.